The summed E-state index contributed by atoms with van der Waals surface area (Å²) in [6.07, 6.45) is 3.48. The van der Waals surface area contributed by atoms with Crippen LogP contribution in [0.15, 0.2) is 53.6 Å². The highest BCUT2D eigenvalue weighted by atomic mass is 32.2. The van der Waals surface area contributed by atoms with Crippen molar-refractivity contribution in [2.45, 2.75) is 30.3 Å². The van der Waals surface area contributed by atoms with Gasteiger partial charge in [0.25, 0.3) is 0 Å². The quantitative estimate of drug-likeness (QED) is 0.310. The number of nitrogens with zero attached hydrogens (tertiary/aromatic N) is 3. The number of hydrogen-bond donors (Lipinski definition) is 3. The monoisotopic (exact) mass is 539 g/mol. The molecule has 0 bridgehead atoms. The number of nitrogens with one attached hydrogen (secondary N) is 2. The summed E-state index contributed by atoms with van der Waals surface area (Å²) in [6.45, 7) is 1.28. The molecular formula is C26H29N5O6S. The molecule has 0 atom stereocenters. The first-order valence-electron chi connectivity index (χ1n) is 12.1. The highest BCUT2D eigenvalue weighted by Crippen LogP contribution is 2.30. The van der Waals surface area contributed by atoms with E-state index < -0.39 is 10.0 Å². The van der Waals surface area contributed by atoms with Gasteiger partial charge in [0.05, 0.1) is 31.6 Å². The minimum Gasteiger partial charge on any atom is -0.495 e. The second-order valence-electron chi connectivity index (χ2n) is 8.48. The normalized spacial score (nSPS) is 14.0. The fourth-order valence-electron chi connectivity index (χ4n) is 3.89. The molecule has 0 saturated carbocycles. The van der Waals surface area contributed by atoms with Gasteiger partial charge in [-0.1, -0.05) is 0 Å². The van der Waals surface area contributed by atoms with Crippen LogP contribution < -0.4 is 19.5 Å². The van der Waals surface area contributed by atoms with Gasteiger partial charge in [0.2, 0.25) is 16.0 Å². The van der Waals surface area contributed by atoms with E-state index in [4.69, 9.17) is 19.3 Å². The van der Waals surface area contributed by atoms with Crippen molar-refractivity contribution in [1.82, 2.24) is 14.7 Å². The summed E-state index contributed by atoms with van der Waals surface area (Å²) in [5.41, 5.74) is 2.25. The maximum absolute atomic E-state index is 12.6. The number of aromatic nitrogens is 2. The number of aliphatic hydroxyl groups is 1. The molecule has 11 nitrogen and oxygen atoms in total. The number of sulfonamides is 1. The fourth-order valence-corrected chi connectivity index (χ4v) is 5.12. The van der Waals surface area contributed by atoms with Gasteiger partial charge in [0.15, 0.2) is 0 Å². The molecule has 0 unspecified atom stereocenters. The molecule has 2 heterocycles. The summed E-state index contributed by atoms with van der Waals surface area (Å²) in [4.78, 5) is 8.78. The highest BCUT2D eigenvalue weighted by Gasteiger charge is 2.20. The Bertz CT molecular complexity index is 1400. The Labute approximate surface area is 221 Å². The maximum atomic E-state index is 12.6. The van der Waals surface area contributed by atoms with Crippen LogP contribution in [0.1, 0.15) is 24.8 Å². The molecule has 0 spiro atoms. The summed E-state index contributed by atoms with van der Waals surface area (Å²) in [5, 5.41) is 21.6. The average Bonchev–Trinajstić information content (AvgIpc) is 2.94. The van der Waals surface area contributed by atoms with Gasteiger partial charge in [-0.3, -0.25) is 0 Å². The van der Waals surface area contributed by atoms with Crippen molar-refractivity contribution in [2.24, 2.45) is 0 Å². The van der Waals surface area contributed by atoms with Crippen molar-refractivity contribution in [2.75, 3.05) is 38.8 Å². The summed E-state index contributed by atoms with van der Waals surface area (Å²) in [6, 6.07) is 13.8. The van der Waals surface area contributed by atoms with Gasteiger partial charge in [0, 0.05) is 49.5 Å². The van der Waals surface area contributed by atoms with E-state index in [-0.39, 0.29) is 35.8 Å². The summed E-state index contributed by atoms with van der Waals surface area (Å²) in [7, 11) is -2.44. The molecule has 1 fully saturated rings. The van der Waals surface area contributed by atoms with E-state index in [9.17, 15) is 13.7 Å². The van der Waals surface area contributed by atoms with Crippen LogP contribution in [-0.2, 0) is 14.8 Å². The molecule has 0 radical (unpaired) electrons. The number of rotatable bonds is 11. The molecule has 38 heavy (non-hydrogen) atoms. The van der Waals surface area contributed by atoms with Crippen molar-refractivity contribution in [3.8, 4) is 28.8 Å². The first-order valence-corrected chi connectivity index (χ1v) is 13.6. The van der Waals surface area contributed by atoms with E-state index in [2.05, 4.69) is 26.1 Å². The zero-order chi connectivity index (χ0) is 27.0. The van der Waals surface area contributed by atoms with Crippen LogP contribution in [0.4, 0.5) is 11.6 Å². The molecule has 1 saturated heterocycles. The van der Waals surface area contributed by atoms with Crippen LogP contribution in [0, 0.1) is 11.3 Å². The Morgan fingerprint density at radius 1 is 1.16 bits per heavy atom. The Kier molecular flexibility index (Phi) is 9.09. The minimum atomic E-state index is -3.82. The summed E-state index contributed by atoms with van der Waals surface area (Å²) < 4.78 is 44.3. The average molecular weight is 540 g/mol. The van der Waals surface area contributed by atoms with Crippen LogP contribution in [0.3, 0.4) is 0 Å². The van der Waals surface area contributed by atoms with Crippen molar-refractivity contribution in [3.05, 3.63) is 54.2 Å². The molecule has 200 valence electrons. The van der Waals surface area contributed by atoms with E-state index in [0.717, 1.165) is 18.4 Å². The van der Waals surface area contributed by atoms with Crippen molar-refractivity contribution < 1.29 is 27.7 Å². The van der Waals surface area contributed by atoms with Gasteiger partial charge in [-0.25, -0.2) is 23.1 Å². The third kappa shape index (κ3) is 6.76. The van der Waals surface area contributed by atoms with Crippen LogP contribution in [0.5, 0.6) is 11.5 Å². The van der Waals surface area contributed by atoms with Crippen LogP contribution >= 0.6 is 0 Å². The van der Waals surface area contributed by atoms with Gasteiger partial charge >= 0.3 is 0 Å². The molecule has 0 amide bonds. The van der Waals surface area contributed by atoms with Gasteiger partial charge in [0.1, 0.15) is 28.6 Å². The van der Waals surface area contributed by atoms with E-state index in [1.807, 2.05) is 6.07 Å². The molecule has 1 aliphatic heterocycles. The number of ether oxygens (including phenoxy) is 3. The second kappa shape index (κ2) is 12.7. The second-order valence-corrected chi connectivity index (χ2v) is 10.2. The first-order chi connectivity index (χ1) is 18.4. The smallest absolute Gasteiger partial charge is 0.244 e. The molecule has 1 aliphatic rings. The van der Waals surface area contributed by atoms with Gasteiger partial charge < -0.3 is 24.6 Å². The molecule has 3 aromatic rings. The predicted octanol–water partition coefficient (Wildman–Crippen LogP) is 2.99. The Morgan fingerprint density at radius 2 is 1.97 bits per heavy atom. The lowest BCUT2D eigenvalue weighted by atomic mass is 10.1. The lowest BCUT2D eigenvalue weighted by Crippen LogP contribution is -2.26. The number of anilines is 2. The zero-order valence-corrected chi connectivity index (χ0v) is 21.7. The van der Waals surface area contributed by atoms with Crippen molar-refractivity contribution in [3.63, 3.8) is 0 Å². The molecule has 3 N–H and O–H groups in total. The molecule has 1 aromatic heterocycles. The Morgan fingerprint density at radius 3 is 2.71 bits per heavy atom. The van der Waals surface area contributed by atoms with E-state index >= 15 is 0 Å². The molecule has 4 rings (SSSR count). The zero-order valence-electron chi connectivity index (χ0n) is 20.9. The molecule has 12 heteroatoms. The Balaban J connectivity index is 1.52. The van der Waals surface area contributed by atoms with Crippen LogP contribution in [0.2, 0.25) is 0 Å². The van der Waals surface area contributed by atoms with E-state index in [1.165, 1.54) is 19.2 Å². The number of benzene rings is 2. The van der Waals surface area contributed by atoms with E-state index in [1.54, 1.807) is 30.5 Å². The maximum Gasteiger partial charge on any atom is 0.244 e. The summed E-state index contributed by atoms with van der Waals surface area (Å²) in [5.74, 6) is 0.951. The predicted molar refractivity (Wildman–Crippen MR) is 140 cm³/mol. The lowest BCUT2D eigenvalue weighted by Gasteiger charge is -2.23. The number of methoxy groups -OCH3 is 1. The van der Waals surface area contributed by atoms with Crippen molar-refractivity contribution in [1.29, 1.82) is 5.26 Å². The standard InChI is InChI=1S/C26H29N5O6S/c1-35-24-16-20(4-6-25(24)38(33,34)29-10-2-12-32)30-26-28-11-7-22(31-26)18-3-5-23(19(15-18)17-27)37-21-8-13-36-14-9-21/h3-7,11,15-16,21,29,32H,2,8-10,12-14H2,1H3,(H,28,30,31). The lowest BCUT2D eigenvalue weighted by molar-refractivity contribution is 0.0254. The summed E-state index contributed by atoms with van der Waals surface area (Å²) >= 11 is 0. The van der Waals surface area contributed by atoms with Crippen LogP contribution in [-0.4, -0.2) is 63.1 Å². The highest BCUT2D eigenvalue weighted by molar-refractivity contribution is 7.89. The van der Waals surface area contributed by atoms with Gasteiger partial charge in [-0.05, 0) is 42.8 Å². The number of hydrogen-bond acceptors (Lipinski definition) is 10. The SMILES string of the molecule is COc1cc(Nc2nccc(-c3ccc(OC4CCOCC4)c(C#N)c3)n2)ccc1S(=O)(=O)NCCCO. The van der Waals surface area contributed by atoms with Gasteiger partial charge in [-0.2, -0.15) is 5.26 Å². The fraction of sp³-hybridized carbons (Fsp3) is 0.346. The topological polar surface area (TPSA) is 156 Å². The van der Waals surface area contributed by atoms with Crippen molar-refractivity contribution >= 4 is 21.7 Å². The first kappa shape index (κ1) is 27.3. The minimum absolute atomic E-state index is 0.0197. The molecule has 0 aliphatic carbocycles. The Hall–Kier alpha value is -3.76. The largest absolute Gasteiger partial charge is 0.495 e. The number of nitriles is 1. The van der Waals surface area contributed by atoms with Crippen LogP contribution in [0.25, 0.3) is 11.3 Å². The number of aliphatic hydroxyl groups excluding tert-OH is 1. The van der Waals surface area contributed by atoms with Gasteiger partial charge in [-0.15, -0.1) is 0 Å². The third-order valence-corrected chi connectivity index (χ3v) is 7.35. The molecule has 2 aromatic carbocycles. The molecular weight excluding hydrogens is 510 g/mol. The third-order valence-electron chi connectivity index (χ3n) is 5.85. The van der Waals surface area contributed by atoms with E-state index in [0.29, 0.717) is 42.3 Å².